The summed E-state index contributed by atoms with van der Waals surface area (Å²) < 4.78 is 4.86. The molecule has 2 heterocycles. The molecule has 34 heavy (non-hydrogen) atoms. The van der Waals surface area contributed by atoms with E-state index in [2.05, 4.69) is 37.9 Å². The summed E-state index contributed by atoms with van der Waals surface area (Å²) in [5.74, 6) is 0.106. The first-order valence-electron chi connectivity index (χ1n) is 11.5. The largest absolute Gasteiger partial charge is 0.465 e. The molecular weight excluding hydrogens is 430 g/mol. The minimum absolute atomic E-state index is 0.0843. The number of ether oxygens (including phenoxy) is 1. The standard InChI is InChI=1S/C27H31N3O4/c1-26(2,3)27(21(18-10-6-5-7-11-18)14-9-15-30(27)25(32)33)24-28-17-22(29-24)19-12-8-13-20(16-19)23(31)34-4/h5-8,10-13,16-17,21H,9,14-15H2,1-4H3,(H,28,29)(H,32,33). The van der Waals surface area contributed by atoms with Crippen LogP contribution in [0.25, 0.3) is 11.3 Å². The van der Waals surface area contributed by atoms with E-state index in [9.17, 15) is 14.7 Å². The van der Waals surface area contributed by atoms with Gasteiger partial charge in [-0.3, -0.25) is 4.90 Å². The van der Waals surface area contributed by atoms with Gasteiger partial charge in [-0.1, -0.05) is 63.2 Å². The molecule has 0 saturated carbocycles. The lowest BCUT2D eigenvalue weighted by atomic mass is 9.59. The van der Waals surface area contributed by atoms with E-state index in [1.807, 2.05) is 24.3 Å². The lowest BCUT2D eigenvalue weighted by Gasteiger charge is -2.56. The summed E-state index contributed by atoms with van der Waals surface area (Å²) in [5, 5.41) is 10.3. The van der Waals surface area contributed by atoms with Gasteiger partial charge in [0.15, 0.2) is 0 Å². The second kappa shape index (κ2) is 8.97. The molecule has 0 aliphatic carbocycles. The molecule has 2 N–H and O–H groups in total. The lowest BCUT2D eigenvalue weighted by Crippen LogP contribution is -2.62. The monoisotopic (exact) mass is 461 g/mol. The summed E-state index contributed by atoms with van der Waals surface area (Å²) in [5.41, 5.74) is 1.63. The minimum Gasteiger partial charge on any atom is -0.465 e. The summed E-state index contributed by atoms with van der Waals surface area (Å²) in [7, 11) is 1.35. The summed E-state index contributed by atoms with van der Waals surface area (Å²) in [6.45, 7) is 6.66. The van der Waals surface area contributed by atoms with Crippen molar-refractivity contribution in [1.82, 2.24) is 14.9 Å². The fraction of sp³-hybridized carbons (Fsp3) is 0.370. The first-order chi connectivity index (χ1) is 16.2. The van der Waals surface area contributed by atoms with Crippen LogP contribution in [0.1, 0.15) is 61.3 Å². The van der Waals surface area contributed by atoms with Gasteiger partial charge in [0.2, 0.25) is 0 Å². The Kier molecular flexibility index (Phi) is 6.21. The number of aromatic nitrogens is 2. The highest BCUT2D eigenvalue weighted by atomic mass is 16.5. The van der Waals surface area contributed by atoms with Gasteiger partial charge in [-0.2, -0.15) is 0 Å². The zero-order valence-electron chi connectivity index (χ0n) is 20.0. The second-order valence-corrected chi connectivity index (χ2v) is 9.77. The van der Waals surface area contributed by atoms with E-state index in [4.69, 9.17) is 9.72 Å². The Hall–Kier alpha value is -3.61. The normalized spacial score (nSPS) is 20.7. The number of benzene rings is 2. The number of H-pyrrole nitrogens is 1. The van der Waals surface area contributed by atoms with Gasteiger partial charge in [0.1, 0.15) is 11.4 Å². The van der Waals surface area contributed by atoms with Crippen molar-refractivity contribution in [3.8, 4) is 11.3 Å². The molecule has 1 aliphatic heterocycles. The highest BCUT2D eigenvalue weighted by molar-refractivity contribution is 5.90. The van der Waals surface area contributed by atoms with Gasteiger partial charge in [0.05, 0.1) is 24.6 Å². The summed E-state index contributed by atoms with van der Waals surface area (Å²) >= 11 is 0. The van der Waals surface area contributed by atoms with Crippen LogP contribution in [0.5, 0.6) is 0 Å². The molecule has 2 unspecified atom stereocenters. The summed E-state index contributed by atoms with van der Waals surface area (Å²) in [6.07, 6.45) is 2.38. The third-order valence-electron chi connectivity index (χ3n) is 6.91. The van der Waals surface area contributed by atoms with E-state index in [1.165, 1.54) is 7.11 Å². The van der Waals surface area contributed by atoms with E-state index >= 15 is 0 Å². The Bertz CT molecular complexity index is 1180. The number of carboxylic acid groups (broad SMARTS) is 1. The number of nitrogens with one attached hydrogen (secondary N) is 1. The number of hydrogen-bond acceptors (Lipinski definition) is 4. The molecule has 1 fully saturated rings. The summed E-state index contributed by atoms with van der Waals surface area (Å²) in [4.78, 5) is 34.5. The first-order valence-corrected chi connectivity index (χ1v) is 11.5. The highest BCUT2D eigenvalue weighted by Gasteiger charge is 2.59. The number of aromatic amines is 1. The van der Waals surface area contributed by atoms with Crippen molar-refractivity contribution in [3.63, 3.8) is 0 Å². The molecule has 0 radical (unpaired) electrons. The van der Waals surface area contributed by atoms with Crippen molar-refractivity contribution >= 4 is 12.1 Å². The Morgan fingerprint density at radius 1 is 1.15 bits per heavy atom. The average molecular weight is 462 g/mol. The third kappa shape index (κ3) is 3.85. The molecule has 0 spiro atoms. The number of piperidine rings is 1. The van der Waals surface area contributed by atoms with Crippen LogP contribution in [0.3, 0.4) is 0 Å². The number of hydrogen-bond donors (Lipinski definition) is 2. The van der Waals surface area contributed by atoms with Crippen LogP contribution in [0.15, 0.2) is 60.8 Å². The SMILES string of the molecule is COC(=O)c1cccc(-c2cnc(C3(C(C)(C)C)C(c4ccccc4)CCCN3C(=O)O)[nH]2)c1. The quantitative estimate of drug-likeness (QED) is 0.489. The molecule has 7 heteroatoms. The smallest absolute Gasteiger partial charge is 0.408 e. The van der Waals surface area contributed by atoms with Crippen molar-refractivity contribution in [2.45, 2.75) is 45.1 Å². The molecule has 3 aromatic rings. The number of carbonyl (C=O) groups excluding carboxylic acids is 1. The van der Waals surface area contributed by atoms with Crippen LogP contribution in [0.2, 0.25) is 0 Å². The maximum atomic E-state index is 12.6. The van der Waals surface area contributed by atoms with E-state index in [0.29, 0.717) is 23.6 Å². The minimum atomic E-state index is -0.957. The Morgan fingerprint density at radius 3 is 2.53 bits per heavy atom. The number of methoxy groups -OCH3 is 1. The number of carbonyl (C=O) groups is 2. The maximum absolute atomic E-state index is 12.6. The van der Waals surface area contributed by atoms with E-state index < -0.39 is 23.0 Å². The predicted octanol–water partition coefficient (Wildman–Crippen LogP) is 5.66. The van der Waals surface area contributed by atoms with Crippen molar-refractivity contribution in [2.24, 2.45) is 5.41 Å². The molecule has 4 rings (SSSR count). The molecule has 2 atom stereocenters. The molecule has 1 aromatic heterocycles. The van der Waals surface area contributed by atoms with E-state index in [0.717, 1.165) is 24.0 Å². The Balaban J connectivity index is 1.91. The zero-order valence-corrected chi connectivity index (χ0v) is 20.0. The first kappa shape index (κ1) is 23.5. The average Bonchev–Trinajstić information content (AvgIpc) is 3.33. The summed E-state index contributed by atoms with van der Waals surface area (Å²) in [6, 6.07) is 17.2. The van der Waals surface area contributed by atoms with Gasteiger partial charge in [-0.25, -0.2) is 14.6 Å². The number of rotatable bonds is 4. The van der Waals surface area contributed by atoms with Crippen LogP contribution in [0.4, 0.5) is 4.79 Å². The van der Waals surface area contributed by atoms with Crippen LogP contribution in [-0.4, -0.2) is 45.7 Å². The second-order valence-electron chi connectivity index (χ2n) is 9.77. The fourth-order valence-corrected chi connectivity index (χ4v) is 5.54. The van der Waals surface area contributed by atoms with Crippen LogP contribution in [0, 0.1) is 5.41 Å². The highest BCUT2D eigenvalue weighted by Crippen LogP contribution is 2.56. The van der Waals surface area contributed by atoms with Crippen molar-refractivity contribution in [1.29, 1.82) is 0 Å². The number of esters is 1. The molecule has 1 aliphatic rings. The van der Waals surface area contributed by atoms with Gasteiger partial charge in [-0.15, -0.1) is 0 Å². The van der Waals surface area contributed by atoms with E-state index in [1.54, 1.807) is 29.3 Å². The Labute approximate surface area is 199 Å². The number of imidazole rings is 1. The number of amides is 1. The number of nitrogens with zero attached hydrogens (tertiary/aromatic N) is 2. The molecule has 178 valence electrons. The van der Waals surface area contributed by atoms with Gasteiger partial charge >= 0.3 is 12.1 Å². The molecule has 1 amide bonds. The van der Waals surface area contributed by atoms with Gasteiger partial charge < -0.3 is 14.8 Å². The fourth-order valence-electron chi connectivity index (χ4n) is 5.54. The molecular formula is C27H31N3O4. The van der Waals surface area contributed by atoms with Gasteiger partial charge in [-0.05, 0) is 36.0 Å². The van der Waals surface area contributed by atoms with Gasteiger partial charge in [0, 0.05) is 18.0 Å². The lowest BCUT2D eigenvalue weighted by molar-refractivity contribution is -0.0519. The molecule has 0 bridgehead atoms. The van der Waals surface area contributed by atoms with Crippen LogP contribution >= 0.6 is 0 Å². The molecule has 1 saturated heterocycles. The zero-order chi connectivity index (χ0) is 24.5. The topological polar surface area (TPSA) is 95.5 Å². The molecule has 2 aromatic carbocycles. The van der Waals surface area contributed by atoms with Crippen molar-refractivity contribution in [3.05, 3.63) is 77.7 Å². The number of likely N-dealkylation sites (tertiary alicyclic amines) is 1. The maximum Gasteiger partial charge on any atom is 0.408 e. The van der Waals surface area contributed by atoms with Crippen LogP contribution in [-0.2, 0) is 10.3 Å². The molecule has 7 nitrogen and oxygen atoms in total. The van der Waals surface area contributed by atoms with Crippen LogP contribution < -0.4 is 0 Å². The Morgan fingerprint density at radius 2 is 1.88 bits per heavy atom. The van der Waals surface area contributed by atoms with E-state index in [-0.39, 0.29) is 5.92 Å². The van der Waals surface area contributed by atoms with Crippen molar-refractivity contribution in [2.75, 3.05) is 13.7 Å². The third-order valence-corrected chi connectivity index (χ3v) is 6.91. The predicted molar refractivity (Wildman–Crippen MR) is 130 cm³/mol. The van der Waals surface area contributed by atoms with Crippen molar-refractivity contribution < 1.29 is 19.4 Å². The van der Waals surface area contributed by atoms with Gasteiger partial charge in [0.25, 0.3) is 0 Å².